The fourth-order valence-corrected chi connectivity index (χ4v) is 3.96. The monoisotopic (exact) mass is 417 g/mol. The summed E-state index contributed by atoms with van der Waals surface area (Å²) in [6, 6.07) is 35.7. The van der Waals surface area contributed by atoms with Crippen LogP contribution in [0.15, 0.2) is 114 Å². The number of benzene rings is 4. The number of anilines is 1. The molecule has 0 fully saturated rings. The van der Waals surface area contributed by atoms with E-state index in [1.54, 1.807) is 0 Å². The maximum absolute atomic E-state index is 13.2. The summed E-state index contributed by atoms with van der Waals surface area (Å²) in [7, 11) is 0. The van der Waals surface area contributed by atoms with E-state index in [-0.39, 0.29) is 5.91 Å². The average molecular weight is 418 g/mol. The molecule has 0 radical (unpaired) electrons. The van der Waals surface area contributed by atoms with Crippen LogP contribution >= 0.6 is 0 Å². The maximum Gasteiger partial charge on any atom is 0.253 e. The molecule has 0 aliphatic carbocycles. The first-order valence-corrected chi connectivity index (χ1v) is 10.7. The van der Waals surface area contributed by atoms with Crippen molar-refractivity contribution in [2.75, 3.05) is 4.90 Å². The van der Waals surface area contributed by atoms with Gasteiger partial charge < -0.3 is 10.2 Å². The van der Waals surface area contributed by atoms with Crippen molar-refractivity contribution in [3.05, 3.63) is 131 Å². The number of nitrogens with zero attached hydrogens (tertiary/aromatic N) is 2. The Hall–Kier alpha value is -4.18. The molecule has 0 aromatic heterocycles. The number of aryl methyl sites for hydroxylation is 1. The van der Waals surface area contributed by atoms with Crippen LogP contribution in [0.1, 0.15) is 33.2 Å². The van der Waals surface area contributed by atoms with Crippen LogP contribution in [0.25, 0.3) is 0 Å². The lowest BCUT2D eigenvalue weighted by Gasteiger charge is -2.38. The zero-order valence-corrected chi connectivity index (χ0v) is 17.8. The normalized spacial score (nSPS) is 15.0. The summed E-state index contributed by atoms with van der Waals surface area (Å²) in [6.45, 7) is 2.07. The zero-order chi connectivity index (χ0) is 21.9. The summed E-state index contributed by atoms with van der Waals surface area (Å²) in [5, 5.41) is 3.26. The van der Waals surface area contributed by atoms with Crippen LogP contribution in [0.5, 0.6) is 0 Å². The number of aliphatic imine (C=N–C) groups is 1. The Morgan fingerprint density at radius 1 is 0.781 bits per heavy atom. The van der Waals surface area contributed by atoms with E-state index in [9.17, 15) is 4.79 Å². The van der Waals surface area contributed by atoms with Crippen molar-refractivity contribution in [2.45, 2.75) is 13.1 Å². The molecule has 4 aromatic carbocycles. The average Bonchev–Trinajstić information content (AvgIpc) is 2.85. The topological polar surface area (TPSA) is 44.7 Å². The van der Waals surface area contributed by atoms with Crippen molar-refractivity contribution in [3.63, 3.8) is 0 Å². The lowest BCUT2D eigenvalue weighted by molar-refractivity contribution is 0.0938. The van der Waals surface area contributed by atoms with E-state index in [2.05, 4.69) is 41.4 Å². The molecule has 1 aliphatic rings. The Labute approximate surface area is 187 Å². The minimum Gasteiger partial charge on any atom is -0.327 e. The SMILES string of the molecule is Cc1ccc(C2=Nc3ccccc3[C@H](NC(=O)c3ccccc3)N2c2ccccc2)cc1. The Bertz CT molecular complexity index is 1270. The van der Waals surface area contributed by atoms with Gasteiger partial charge in [0.25, 0.3) is 5.91 Å². The third-order valence-corrected chi connectivity index (χ3v) is 5.59. The predicted octanol–water partition coefficient (Wildman–Crippen LogP) is 6.02. The fourth-order valence-electron chi connectivity index (χ4n) is 3.96. The highest BCUT2D eigenvalue weighted by molar-refractivity contribution is 6.13. The highest BCUT2D eigenvalue weighted by Gasteiger charge is 2.33. The number of hydrogen-bond donors (Lipinski definition) is 1. The third-order valence-electron chi connectivity index (χ3n) is 5.59. The molecule has 4 nitrogen and oxygen atoms in total. The van der Waals surface area contributed by atoms with E-state index in [1.807, 2.05) is 84.9 Å². The second-order valence-electron chi connectivity index (χ2n) is 7.81. The first-order chi connectivity index (χ1) is 15.7. The molecule has 4 aromatic rings. The smallest absolute Gasteiger partial charge is 0.253 e. The number of carbonyl (C=O) groups is 1. The van der Waals surface area contributed by atoms with Crippen LogP contribution in [0, 0.1) is 6.92 Å². The van der Waals surface area contributed by atoms with Gasteiger partial charge in [-0.15, -0.1) is 0 Å². The van der Waals surface area contributed by atoms with Crippen molar-refractivity contribution >= 4 is 23.1 Å². The molecular formula is C28H23N3O. The van der Waals surface area contributed by atoms with Gasteiger partial charge >= 0.3 is 0 Å². The molecular weight excluding hydrogens is 394 g/mol. The van der Waals surface area contributed by atoms with Crippen molar-refractivity contribution in [3.8, 4) is 0 Å². The van der Waals surface area contributed by atoms with Crippen LogP contribution in [-0.4, -0.2) is 11.7 Å². The van der Waals surface area contributed by atoms with Crippen LogP contribution in [0.4, 0.5) is 11.4 Å². The van der Waals surface area contributed by atoms with Gasteiger partial charge in [0.05, 0.1) is 5.69 Å². The predicted molar refractivity (Wildman–Crippen MR) is 129 cm³/mol. The summed E-state index contributed by atoms with van der Waals surface area (Å²) in [5.74, 6) is 0.671. The highest BCUT2D eigenvalue weighted by atomic mass is 16.1. The lowest BCUT2D eigenvalue weighted by Crippen LogP contribution is -2.46. The number of amidine groups is 1. The largest absolute Gasteiger partial charge is 0.327 e. The molecule has 0 saturated heterocycles. The molecule has 5 rings (SSSR count). The Morgan fingerprint density at radius 2 is 1.41 bits per heavy atom. The van der Waals surface area contributed by atoms with Crippen LogP contribution in [0.2, 0.25) is 0 Å². The van der Waals surface area contributed by atoms with Gasteiger partial charge in [-0.25, -0.2) is 4.99 Å². The van der Waals surface area contributed by atoms with Gasteiger partial charge in [0.2, 0.25) is 0 Å². The number of fused-ring (bicyclic) bond motifs is 1. The number of rotatable bonds is 4. The van der Waals surface area contributed by atoms with E-state index in [4.69, 9.17) is 4.99 Å². The van der Waals surface area contributed by atoms with Gasteiger partial charge in [0.15, 0.2) is 0 Å². The van der Waals surface area contributed by atoms with E-state index < -0.39 is 6.17 Å². The van der Waals surface area contributed by atoms with Crippen LogP contribution < -0.4 is 10.2 Å². The first kappa shape index (κ1) is 19.8. The Morgan fingerprint density at radius 3 is 2.12 bits per heavy atom. The molecule has 1 heterocycles. The van der Waals surface area contributed by atoms with Crippen molar-refractivity contribution < 1.29 is 4.79 Å². The lowest BCUT2D eigenvalue weighted by atomic mass is 10.0. The molecule has 4 heteroatoms. The van der Waals surface area contributed by atoms with Crippen molar-refractivity contribution in [1.29, 1.82) is 0 Å². The van der Waals surface area contributed by atoms with Gasteiger partial charge in [-0.1, -0.05) is 84.4 Å². The molecule has 0 unspecified atom stereocenters. The number of hydrogen-bond acceptors (Lipinski definition) is 3. The molecule has 156 valence electrons. The van der Waals surface area contributed by atoms with Gasteiger partial charge in [0, 0.05) is 22.4 Å². The quantitative estimate of drug-likeness (QED) is 0.441. The van der Waals surface area contributed by atoms with Gasteiger partial charge in [-0.05, 0) is 37.3 Å². The molecule has 32 heavy (non-hydrogen) atoms. The second-order valence-corrected chi connectivity index (χ2v) is 7.81. The summed E-state index contributed by atoms with van der Waals surface area (Å²) >= 11 is 0. The maximum atomic E-state index is 13.2. The van der Waals surface area contributed by atoms with Crippen LogP contribution in [0.3, 0.4) is 0 Å². The summed E-state index contributed by atoms with van der Waals surface area (Å²) in [4.78, 5) is 20.3. The van der Waals surface area contributed by atoms with Gasteiger partial charge in [-0.3, -0.25) is 4.79 Å². The van der Waals surface area contributed by atoms with E-state index in [0.717, 1.165) is 28.3 Å². The number of carbonyl (C=O) groups excluding carboxylic acids is 1. The Balaban J connectivity index is 1.66. The minimum absolute atomic E-state index is 0.128. The van der Waals surface area contributed by atoms with E-state index in [0.29, 0.717) is 5.56 Å². The number of para-hydroxylation sites is 2. The first-order valence-electron chi connectivity index (χ1n) is 10.7. The number of amides is 1. The molecule has 1 amide bonds. The number of nitrogens with one attached hydrogen (secondary N) is 1. The molecule has 1 atom stereocenters. The van der Waals surface area contributed by atoms with Crippen LogP contribution in [-0.2, 0) is 0 Å². The summed E-state index contributed by atoms with van der Waals surface area (Å²) < 4.78 is 0. The fraction of sp³-hybridized carbons (Fsp3) is 0.0714. The minimum atomic E-state index is -0.407. The van der Waals surface area contributed by atoms with E-state index >= 15 is 0 Å². The molecule has 0 saturated carbocycles. The Kier molecular flexibility index (Phi) is 5.26. The summed E-state index contributed by atoms with van der Waals surface area (Å²) in [5.41, 5.74) is 5.57. The van der Waals surface area contributed by atoms with Gasteiger partial charge in [0.1, 0.15) is 12.0 Å². The third kappa shape index (κ3) is 3.79. The summed E-state index contributed by atoms with van der Waals surface area (Å²) in [6.07, 6.45) is -0.407. The van der Waals surface area contributed by atoms with Crippen molar-refractivity contribution in [2.24, 2.45) is 4.99 Å². The van der Waals surface area contributed by atoms with Crippen molar-refractivity contribution in [1.82, 2.24) is 5.32 Å². The standard InChI is InChI=1S/C28H23N3O/c1-20-16-18-21(19-17-20)26-29-25-15-9-8-14-24(25)27(31(26)23-12-6-3-7-13-23)30-28(32)22-10-4-2-5-11-22/h2-19,27H,1H3,(H,30,32)/t27-/m1/s1. The molecule has 1 aliphatic heterocycles. The zero-order valence-electron chi connectivity index (χ0n) is 17.8. The molecule has 1 N–H and O–H groups in total. The van der Waals surface area contributed by atoms with E-state index in [1.165, 1.54) is 5.56 Å². The highest BCUT2D eigenvalue weighted by Crippen LogP contribution is 2.38. The molecule has 0 bridgehead atoms. The van der Waals surface area contributed by atoms with Gasteiger partial charge in [-0.2, -0.15) is 0 Å². The second kappa shape index (κ2) is 8.52. The molecule has 0 spiro atoms.